The Balaban J connectivity index is 2.88. The summed E-state index contributed by atoms with van der Waals surface area (Å²) in [7, 11) is -11.1. The molecular weight excluding hydrogens is 709 g/mol. The van der Waals surface area contributed by atoms with Crippen molar-refractivity contribution in [1.29, 1.82) is 0 Å². The lowest BCUT2D eigenvalue weighted by Crippen LogP contribution is -2.80. The molecule has 1 heterocycles. The van der Waals surface area contributed by atoms with Crippen molar-refractivity contribution in [2.75, 3.05) is 0 Å². The van der Waals surface area contributed by atoms with Crippen LogP contribution in [0.2, 0.25) is 126 Å². The van der Waals surface area contributed by atoms with E-state index in [1.165, 1.54) is 11.1 Å². The molecule has 0 N–H and O–H groups in total. The molecule has 0 aromatic heterocycles. The average molecular weight is 785 g/mol. The summed E-state index contributed by atoms with van der Waals surface area (Å²) in [5.41, 5.74) is 9.37. The van der Waals surface area contributed by atoms with Crippen LogP contribution in [0.5, 0.6) is 0 Å². The van der Waals surface area contributed by atoms with Gasteiger partial charge in [-0.2, -0.15) is 0 Å². The molecule has 1 fully saturated rings. The Bertz CT molecular complexity index is 1290. The molecule has 0 radical (unpaired) electrons. The topological polar surface area (TPSA) is 0 Å². The smallest absolute Gasteiger partial charge is 0.131 e. The van der Waals surface area contributed by atoms with E-state index in [1.54, 1.807) is 22.3 Å². The first kappa shape index (κ1) is 43.1. The molecule has 0 amide bonds. The number of aryl methyl sites for hydroxylation is 6. The van der Waals surface area contributed by atoms with Gasteiger partial charge in [0.1, 0.15) is 0 Å². The predicted molar refractivity (Wildman–Crippen MR) is 251 cm³/mol. The van der Waals surface area contributed by atoms with Crippen molar-refractivity contribution in [2.24, 2.45) is 0 Å². The van der Waals surface area contributed by atoms with Crippen LogP contribution in [0.4, 0.5) is 0 Å². The van der Waals surface area contributed by atoms with Crippen LogP contribution >= 0.6 is 15.4 Å². The summed E-state index contributed by atoms with van der Waals surface area (Å²) in [6.07, 6.45) is 1.64. The molecule has 0 spiro atoms. The largest absolute Gasteiger partial charge is 0.190 e. The van der Waals surface area contributed by atoms with Crippen molar-refractivity contribution >= 4 is 86.7 Å². The van der Waals surface area contributed by atoms with Crippen LogP contribution in [-0.4, -0.2) is 60.7 Å². The Hall–Kier alpha value is 0.731. The monoisotopic (exact) mass is 784 g/mol. The molecule has 0 bridgehead atoms. The first-order chi connectivity index (χ1) is 21.1. The fraction of sp³-hybridized carbons (Fsp3) is 0.684. The number of hydrogen-bond donors (Lipinski definition) is 0. The lowest BCUT2D eigenvalue weighted by molar-refractivity contribution is 1.23. The zero-order valence-electron chi connectivity index (χ0n) is 36.4. The number of rotatable bonds is 10. The second kappa shape index (κ2) is 13.2. The highest BCUT2D eigenvalue weighted by molar-refractivity contribution is 8.65. The maximum atomic E-state index is 2.84. The van der Waals surface area contributed by atoms with Crippen molar-refractivity contribution in [1.82, 2.24) is 0 Å². The standard InChI is InChI=1S/C38H76B2P2Si6/c1-29-25-31(3)35(32(4)26-29)41-39(37(43(7,8)9,44(10,11)12)45(13,14)15)42(36-33(5)27-30(2)28-34(36)6)40(41)38(46(16,17)18,47(19,20)21)48(22,23)24/h25-28H,1-24H3. The summed E-state index contributed by atoms with van der Waals surface area (Å²) < 4.78 is 1.02. The quantitative estimate of drug-likeness (QED) is 0.166. The molecule has 2 aromatic rings. The molecule has 0 nitrogen and oxygen atoms in total. The predicted octanol–water partition coefficient (Wildman–Crippen LogP) is 13.2. The van der Waals surface area contributed by atoms with E-state index in [4.69, 9.17) is 0 Å². The summed E-state index contributed by atoms with van der Waals surface area (Å²) in [6.45, 7) is 65.8. The van der Waals surface area contributed by atoms with E-state index in [2.05, 4.69) is 184 Å². The van der Waals surface area contributed by atoms with Crippen LogP contribution < -0.4 is 10.6 Å². The van der Waals surface area contributed by atoms with Crippen molar-refractivity contribution in [3.8, 4) is 0 Å². The van der Waals surface area contributed by atoms with Crippen molar-refractivity contribution in [3.05, 3.63) is 57.6 Å². The SMILES string of the molecule is Cc1cc(C)c(P2B(C([Si](C)(C)C)([Si](C)(C)C)[Si](C)(C)C)P(c3c(C)cc(C)cc3C)B2C([Si](C)(C)C)([Si](C)(C)C)[Si](C)(C)C)c(C)c1. The second-order valence-electron chi connectivity index (χ2n) is 22.2. The Labute approximate surface area is 310 Å². The molecule has 48 heavy (non-hydrogen) atoms. The zero-order valence-corrected chi connectivity index (χ0v) is 44.1. The Morgan fingerprint density at radius 1 is 0.354 bits per heavy atom. The Morgan fingerprint density at radius 2 is 0.521 bits per heavy atom. The highest BCUT2D eigenvalue weighted by Gasteiger charge is 2.80. The fourth-order valence-corrected chi connectivity index (χ4v) is 101. The van der Waals surface area contributed by atoms with E-state index < -0.39 is 63.8 Å². The van der Waals surface area contributed by atoms with Gasteiger partial charge in [0.15, 0.2) is 12.3 Å². The summed E-state index contributed by atoms with van der Waals surface area (Å²) in [5, 5.41) is 3.70. The molecule has 1 aliphatic heterocycles. The molecule has 268 valence electrons. The van der Waals surface area contributed by atoms with Gasteiger partial charge in [0.25, 0.3) is 0 Å². The Kier molecular flexibility index (Phi) is 11.9. The van der Waals surface area contributed by atoms with E-state index in [0.29, 0.717) is 8.37 Å². The molecular formula is C38H76B2P2Si6. The van der Waals surface area contributed by atoms with Crippen LogP contribution in [0.1, 0.15) is 33.4 Å². The molecule has 1 saturated heterocycles. The molecule has 1 aliphatic rings. The maximum Gasteiger partial charge on any atom is 0.190 e. The molecule has 3 rings (SSSR count). The summed E-state index contributed by atoms with van der Waals surface area (Å²) in [5.74, 6) is 0. The molecule has 10 heteroatoms. The Morgan fingerprint density at radius 3 is 0.667 bits per heavy atom. The van der Waals surface area contributed by atoms with Gasteiger partial charge in [-0.1, -0.05) is 162 Å². The lowest BCUT2D eigenvalue weighted by atomic mass is 10.0. The third kappa shape index (κ3) is 6.49. The van der Waals surface area contributed by atoms with Gasteiger partial charge in [-0.3, -0.25) is 0 Å². The van der Waals surface area contributed by atoms with E-state index in [9.17, 15) is 0 Å². The minimum atomic E-state index is -1.72. The van der Waals surface area contributed by atoms with Gasteiger partial charge in [-0.05, 0) is 74.4 Å². The van der Waals surface area contributed by atoms with Gasteiger partial charge in [0, 0.05) is 48.4 Å². The zero-order chi connectivity index (χ0) is 37.8. The molecule has 0 saturated carbocycles. The van der Waals surface area contributed by atoms with Gasteiger partial charge in [-0.25, -0.2) is 0 Å². The number of benzene rings is 2. The molecule has 0 atom stereocenters. The van der Waals surface area contributed by atoms with Gasteiger partial charge >= 0.3 is 0 Å². The lowest BCUT2D eigenvalue weighted by Gasteiger charge is -2.76. The molecule has 2 aromatic carbocycles. The van der Waals surface area contributed by atoms with E-state index in [-0.39, 0.29) is 0 Å². The first-order valence-corrected chi connectivity index (χ1v) is 42.8. The highest BCUT2D eigenvalue weighted by atomic mass is 31.2. The maximum absolute atomic E-state index is 2.84. The summed E-state index contributed by atoms with van der Waals surface area (Å²) >= 11 is 0. The van der Waals surface area contributed by atoms with Gasteiger partial charge < -0.3 is 0 Å². The molecule has 0 unspecified atom stereocenters. The first-order valence-electron chi connectivity index (χ1n) is 18.9. The number of hydrogen-bond acceptors (Lipinski definition) is 0. The van der Waals surface area contributed by atoms with Gasteiger partial charge in [0.05, 0.1) is 0 Å². The van der Waals surface area contributed by atoms with Gasteiger partial charge in [0.2, 0.25) is 0 Å². The van der Waals surface area contributed by atoms with E-state index in [0.717, 1.165) is 12.3 Å². The summed E-state index contributed by atoms with van der Waals surface area (Å²) in [4.78, 5) is 0. The van der Waals surface area contributed by atoms with Crippen LogP contribution in [0.15, 0.2) is 24.3 Å². The average Bonchev–Trinajstić information content (AvgIpc) is 2.76. The van der Waals surface area contributed by atoms with Crippen molar-refractivity contribution in [2.45, 2.75) is 168 Å². The third-order valence-corrected chi connectivity index (χ3v) is 67.6. The van der Waals surface area contributed by atoms with Crippen LogP contribution in [0, 0.1) is 41.5 Å². The highest BCUT2D eigenvalue weighted by Crippen LogP contribution is 2.88. The minimum Gasteiger partial charge on any atom is -0.131 e. The van der Waals surface area contributed by atoms with Crippen LogP contribution in [0.25, 0.3) is 0 Å². The van der Waals surface area contributed by atoms with Crippen molar-refractivity contribution in [3.63, 3.8) is 0 Å². The van der Waals surface area contributed by atoms with Crippen LogP contribution in [0.3, 0.4) is 0 Å². The summed E-state index contributed by atoms with van der Waals surface area (Å²) in [6, 6.07) is 10.3. The van der Waals surface area contributed by atoms with Gasteiger partial charge in [-0.15, -0.1) is 15.4 Å². The fourth-order valence-electron chi connectivity index (χ4n) is 14.0. The van der Waals surface area contributed by atoms with Crippen LogP contribution in [-0.2, 0) is 0 Å². The van der Waals surface area contributed by atoms with E-state index >= 15 is 0 Å². The van der Waals surface area contributed by atoms with E-state index in [1.807, 2.05) is 10.6 Å². The third-order valence-electron chi connectivity index (χ3n) is 12.7. The second-order valence-corrected chi connectivity index (χ2v) is 62.3. The molecule has 0 aliphatic carbocycles. The van der Waals surface area contributed by atoms with Crippen molar-refractivity contribution < 1.29 is 0 Å². The normalized spacial score (nSPS) is 19.2. The minimum absolute atomic E-state index is 0.394.